The predicted octanol–water partition coefficient (Wildman–Crippen LogP) is 1.39. The molecule has 0 spiro atoms. The van der Waals surface area contributed by atoms with Gasteiger partial charge in [0, 0.05) is 13.1 Å². The summed E-state index contributed by atoms with van der Waals surface area (Å²) in [7, 11) is 0. The Morgan fingerprint density at radius 3 is 2.35 bits per heavy atom. The van der Waals surface area contributed by atoms with Crippen molar-refractivity contribution >= 4 is 11.7 Å². The number of hydrogen-bond donors (Lipinski definition) is 2. The molecule has 1 amide bonds. The zero-order valence-electron chi connectivity index (χ0n) is 11.7. The number of oxime groups is 1. The lowest BCUT2D eigenvalue weighted by atomic mass is 10.0. The average molecular weight is 275 g/mol. The lowest BCUT2D eigenvalue weighted by Gasteiger charge is -2.24. The number of hydrogen-bond acceptors (Lipinski definition) is 3. The summed E-state index contributed by atoms with van der Waals surface area (Å²) in [6.07, 6.45) is 2.25. The SMILES string of the molecule is CCC(C(=O)N1CCc2ccccc2CC1)C(N)=NO. The molecule has 0 saturated carbocycles. The van der Waals surface area contributed by atoms with Gasteiger partial charge in [0.1, 0.15) is 0 Å². The smallest absolute Gasteiger partial charge is 0.233 e. The van der Waals surface area contributed by atoms with Crippen molar-refractivity contribution in [2.45, 2.75) is 26.2 Å². The molecular formula is C15H21N3O2. The minimum atomic E-state index is -0.527. The zero-order chi connectivity index (χ0) is 14.5. The number of amides is 1. The van der Waals surface area contributed by atoms with E-state index in [9.17, 15) is 4.79 Å². The lowest BCUT2D eigenvalue weighted by Crippen LogP contribution is -2.42. The van der Waals surface area contributed by atoms with Crippen molar-refractivity contribution in [1.29, 1.82) is 0 Å². The van der Waals surface area contributed by atoms with E-state index in [0.717, 1.165) is 12.8 Å². The van der Waals surface area contributed by atoms with E-state index in [1.54, 1.807) is 0 Å². The van der Waals surface area contributed by atoms with Gasteiger partial charge in [0.05, 0.1) is 5.92 Å². The normalized spacial score (nSPS) is 17.2. The fourth-order valence-corrected chi connectivity index (χ4v) is 2.69. The highest BCUT2D eigenvalue weighted by Crippen LogP contribution is 2.18. The summed E-state index contributed by atoms with van der Waals surface area (Å²) in [5.74, 6) is -0.573. The Labute approximate surface area is 119 Å². The van der Waals surface area contributed by atoms with Gasteiger partial charge in [-0.2, -0.15) is 0 Å². The molecule has 0 radical (unpaired) electrons. The Morgan fingerprint density at radius 1 is 1.35 bits per heavy atom. The highest BCUT2D eigenvalue weighted by Gasteiger charge is 2.27. The van der Waals surface area contributed by atoms with E-state index >= 15 is 0 Å². The van der Waals surface area contributed by atoms with Crippen LogP contribution in [-0.2, 0) is 17.6 Å². The fraction of sp³-hybridized carbons (Fsp3) is 0.467. The van der Waals surface area contributed by atoms with Gasteiger partial charge in [-0.3, -0.25) is 4.79 Å². The summed E-state index contributed by atoms with van der Waals surface area (Å²) < 4.78 is 0. The van der Waals surface area contributed by atoms with Crippen molar-refractivity contribution in [3.05, 3.63) is 35.4 Å². The van der Waals surface area contributed by atoms with Crippen LogP contribution < -0.4 is 5.73 Å². The summed E-state index contributed by atoms with van der Waals surface area (Å²) in [4.78, 5) is 14.3. The van der Waals surface area contributed by atoms with Crippen molar-refractivity contribution in [3.63, 3.8) is 0 Å². The van der Waals surface area contributed by atoms with Gasteiger partial charge in [0.2, 0.25) is 5.91 Å². The third-order valence-corrected chi connectivity index (χ3v) is 3.91. The third kappa shape index (κ3) is 2.92. The molecule has 0 fully saturated rings. The van der Waals surface area contributed by atoms with Crippen LogP contribution >= 0.6 is 0 Å². The van der Waals surface area contributed by atoms with Gasteiger partial charge < -0.3 is 15.8 Å². The predicted molar refractivity (Wildman–Crippen MR) is 77.6 cm³/mol. The van der Waals surface area contributed by atoms with Crippen LogP contribution in [0.5, 0.6) is 0 Å². The molecule has 1 atom stereocenters. The van der Waals surface area contributed by atoms with Crippen molar-refractivity contribution in [1.82, 2.24) is 4.90 Å². The van der Waals surface area contributed by atoms with Crippen molar-refractivity contribution in [2.24, 2.45) is 16.8 Å². The number of benzene rings is 1. The highest BCUT2D eigenvalue weighted by molar-refractivity contribution is 6.02. The van der Waals surface area contributed by atoms with Crippen LogP contribution in [-0.4, -0.2) is 34.9 Å². The highest BCUT2D eigenvalue weighted by atomic mass is 16.4. The lowest BCUT2D eigenvalue weighted by molar-refractivity contribution is -0.133. The molecule has 0 aliphatic carbocycles. The number of carbonyl (C=O) groups is 1. The Kier molecular flexibility index (Phi) is 4.61. The van der Waals surface area contributed by atoms with Gasteiger partial charge >= 0.3 is 0 Å². The first-order chi connectivity index (χ1) is 9.67. The maximum absolute atomic E-state index is 12.5. The monoisotopic (exact) mass is 275 g/mol. The van der Waals surface area contributed by atoms with Crippen molar-refractivity contribution in [3.8, 4) is 0 Å². The van der Waals surface area contributed by atoms with Gasteiger partial charge in [0.25, 0.3) is 0 Å². The van der Waals surface area contributed by atoms with E-state index in [2.05, 4.69) is 17.3 Å². The van der Waals surface area contributed by atoms with Crippen molar-refractivity contribution < 1.29 is 10.0 Å². The van der Waals surface area contributed by atoms with Gasteiger partial charge in [-0.25, -0.2) is 0 Å². The Morgan fingerprint density at radius 2 is 1.90 bits per heavy atom. The van der Waals surface area contributed by atoms with E-state index in [0.29, 0.717) is 19.5 Å². The molecule has 5 nitrogen and oxygen atoms in total. The first-order valence-corrected chi connectivity index (χ1v) is 7.00. The molecule has 1 heterocycles. The molecule has 1 aromatic carbocycles. The molecule has 0 aromatic heterocycles. The van der Waals surface area contributed by atoms with Crippen LogP contribution in [0.25, 0.3) is 0 Å². The maximum atomic E-state index is 12.5. The van der Waals surface area contributed by atoms with Crippen LogP contribution in [0.3, 0.4) is 0 Å². The number of nitrogens with zero attached hydrogens (tertiary/aromatic N) is 2. The van der Waals surface area contributed by atoms with Crippen molar-refractivity contribution in [2.75, 3.05) is 13.1 Å². The average Bonchev–Trinajstić information content (AvgIpc) is 2.70. The summed E-state index contributed by atoms with van der Waals surface area (Å²) in [6, 6.07) is 8.29. The molecule has 3 N–H and O–H groups in total. The minimum Gasteiger partial charge on any atom is -0.409 e. The second-order valence-electron chi connectivity index (χ2n) is 5.08. The second kappa shape index (κ2) is 6.41. The largest absolute Gasteiger partial charge is 0.409 e. The minimum absolute atomic E-state index is 0.000684. The molecule has 1 aliphatic rings. The molecule has 108 valence electrons. The van der Waals surface area contributed by atoms with E-state index in [-0.39, 0.29) is 11.7 Å². The van der Waals surface area contributed by atoms with Crippen LogP contribution in [0.2, 0.25) is 0 Å². The third-order valence-electron chi connectivity index (χ3n) is 3.91. The first-order valence-electron chi connectivity index (χ1n) is 7.00. The molecule has 5 heteroatoms. The molecule has 0 bridgehead atoms. The van der Waals surface area contributed by atoms with Gasteiger partial charge in [-0.05, 0) is 30.4 Å². The van der Waals surface area contributed by atoms with E-state index < -0.39 is 5.92 Å². The summed E-state index contributed by atoms with van der Waals surface area (Å²) in [5.41, 5.74) is 8.22. The molecule has 1 aromatic rings. The topological polar surface area (TPSA) is 78.9 Å². The molecule has 2 rings (SSSR count). The number of carbonyl (C=O) groups excluding carboxylic acids is 1. The second-order valence-corrected chi connectivity index (χ2v) is 5.08. The summed E-state index contributed by atoms with van der Waals surface area (Å²) in [5, 5.41) is 11.8. The number of rotatable bonds is 3. The van der Waals surface area contributed by atoms with Crippen LogP contribution in [0.4, 0.5) is 0 Å². The zero-order valence-corrected chi connectivity index (χ0v) is 11.7. The van der Waals surface area contributed by atoms with E-state index in [4.69, 9.17) is 10.9 Å². The first kappa shape index (κ1) is 14.4. The number of amidine groups is 1. The molecule has 1 unspecified atom stereocenters. The van der Waals surface area contributed by atoms with Gasteiger partial charge in [-0.15, -0.1) is 0 Å². The number of fused-ring (bicyclic) bond motifs is 1. The standard InChI is InChI=1S/C15H21N3O2/c1-2-13(14(16)17-20)15(19)18-9-7-11-5-3-4-6-12(11)8-10-18/h3-6,13,20H,2,7-10H2,1H3,(H2,16,17). The van der Waals surface area contributed by atoms with E-state index in [1.165, 1.54) is 11.1 Å². The summed E-state index contributed by atoms with van der Waals surface area (Å²) >= 11 is 0. The van der Waals surface area contributed by atoms with Gasteiger partial charge in [-0.1, -0.05) is 36.3 Å². The molecule has 1 aliphatic heterocycles. The molecule has 20 heavy (non-hydrogen) atoms. The quantitative estimate of drug-likeness (QED) is 0.378. The van der Waals surface area contributed by atoms with Gasteiger partial charge in [0.15, 0.2) is 5.84 Å². The summed E-state index contributed by atoms with van der Waals surface area (Å²) in [6.45, 7) is 3.24. The fourth-order valence-electron chi connectivity index (χ4n) is 2.69. The number of nitrogens with two attached hydrogens (primary N) is 1. The molecular weight excluding hydrogens is 254 g/mol. The Hall–Kier alpha value is -2.04. The molecule has 0 saturated heterocycles. The van der Waals surface area contributed by atoms with E-state index in [1.807, 2.05) is 24.0 Å². The van der Waals surface area contributed by atoms with Crippen LogP contribution in [0.1, 0.15) is 24.5 Å². The maximum Gasteiger partial charge on any atom is 0.233 e. The van der Waals surface area contributed by atoms with Crippen LogP contribution in [0, 0.1) is 5.92 Å². The Bertz CT molecular complexity index is 487. The Balaban J connectivity index is 2.10. The van der Waals surface area contributed by atoms with Crippen LogP contribution in [0.15, 0.2) is 29.4 Å².